The van der Waals surface area contributed by atoms with Crippen LogP contribution in [0, 0.1) is 0 Å². The van der Waals surface area contributed by atoms with Crippen molar-refractivity contribution in [2.24, 2.45) is 0 Å². The maximum atomic E-state index is 9.50. The molecule has 0 saturated heterocycles. The zero-order valence-corrected chi connectivity index (χ0v) is 26.9. The highest BCUT2D eigenvalue weighted by Gasteiger charge is 2.46. The molecule has 1 aliphatic carbocycles. The molecule has 0 heterocycles. The number of aliphatic hydroxyl groups excluding tert-OH is 2. The van der Waals surface area contributed by atoms with Crippen molar-refractivity contribution < 1.29 is 19.7 Å². The molecule has 49 heavy (non-hydrogen) atoms. The van der Waals surface area contributed by atoms with Crippen molar-refractivity contribution >= 4 is 43.1 Å². The van der Waals surface area contributed by atoms with Crippen LogP contribution in [0.5, 0.6) is 11.5 Å². The van der Waals surface area contributed by atoms with E-state index in [2.05, 4.69) is 133 Å². The second kappa shape index (κ2) is 11.8. The van der Waals surface area contributed by atoms with Gasteiger partial charge in [-0.1, -0.05) is 121 Å². The topological polar surface area (TPSA) is 58.9 Å². The molecule has 0 saturated carbocycles. The first-order valence-electron chi connectivity index (χ1n) is 16.8. The molecule has 4 nitrogen and oxygen atoms in total. The fourth-order valence-electron chi connectivity index (χ4n) is 8.17. The van der Waals surface area contributed by atoms with Crippen molar-refractivity contribution in [3.63, 3.8) is 0 Å². The maximum Gasteiger partial charge on any atom is 0.127 e. The van der Waals surface area contributed by atoms with Crippen LogP contribution in [0.1, 0.15) is 22.3 Å². The van der Waals surface area contributed by atoms with Crippen LogP contribution in [0.4, 0.5) is 0 Å². The summed E-state index contributed by atoms with van der Waals surface area (Å²) < 4.78 is 12.0. The molecule has 238 valence electrons. The minimum absolute atomic E-state index is 0.0370. The normalized spacial score (nSPS) is 13.2. The molecule has 0 aromatic heterocycles. The zero-order chi connectivity index (χ0) is 33.0. The van der Waals surface area contributed by atoms with E-state index >= 15 is 0 Å². The Labute approximate surface area is 284 Å². The number of rotatable bonds is 8. The fraction of sp³-hybridized carbons (Fsp3) is 0.111. The van der Waals surface area contributed by atoms with Crippen molar-refractivity contribution in [1.82, 2.24) is 0 Å². The van der Waals surface area contributed by atoms with Crippen LogP contribution in [-0.4, -0.2) is 36.6 Å². The molecule has 8 aromatic rings. The first-order chi connectivity index (χ1) is 24.2. The lowest BCUT2D eigenvalue weighted by Gasteiger charge is -2.34. The quantitative estimate of drug-likeness (QED) is 0.163. The Morgan fingerprint density at radius 2 is 0.816 bits per heavy atom. The average molecular weight is 639 g/mol. The number of aliphatic hydroxyl groups is 2. The predicted octanol–water partition coefficient (Wildman–Crippen LogP) is 9.40. The molecule has 0 amide bonds. The zero-order valence-electron chi connectivity index (χ0n) is 26.9. The first-order valence-corrected chi connectivity index (χ1v) is 16.8. The average Bonchev–Trinajstić information content (AvgIpc) is 3.47. The number of fused-ring (bicyclic) bond motifs is 9. The van der Waals surface area contributed by atoms with Gasteiger partial charge in [-0.05, 0) is 90.0 Å². The molecular weight excluding hydrogens is 604 g/mol. The number of benzene rings is 8. The van der Waals surface area contributed by atoms with E-state index in [1.165, 1.54) is 33.4 Å². The summed E-state index contributed by atoms with van der Waals surface area (Å²) in [7, 11) is 0. The van der Waals surface area contributed by atoms with Crippen molar-refractivity contribution in [1.29, 1.82) is 0 Å². The van der Waals surface area contributed by atoms with Gasteiger partial charge in [-0.25, -0.2) is 0 Å². The van der Waals surface area contributed by atoms with Gasteiger partial charge in [0, 0.05) is 10.8 Å². The number of ether oxygens (including phenoxy) is 2. The van der Waals surface area contributed by atoms with Crippen LogP contribution in [0.2, 0.25) is 0 Å². The predicted molar refractivity (Wildman–Crippen MR) is 199 cm³/mol. The van der Waals surface area contributed by atoms with Crippen LogP contribution >= 0.6 is 0 Å². The molecule has 0 radical (unpaired) electrons. The molecule has 4 heteroatoms. The van der Waals surface area contributed by atoms with Gasteiger partial charge < -0.3 is 19.7 Å². The Morgan fingerprint density at radius 3 is 1.27 bits per heavy atom. The highest BCUT2D eigenvalue weighted by molar-refractivity contribution is 6.12. The van der Waals surface area contributed by atoms with Gasteiger partial charge in [0.05, 0.1) is 18.6 Å². The SMILES string of the molecule is OCCOc1cc2ccc(C3(c4ccc5cc(OCCO)c6ccccc6c5c4)c4ccccc4-c4ccccc43)cc2c2ccccc12. The molecule has 2 N–H and O–H groups in total. The Morgan fingerprint density at radius 1 is 0.408 bits per heavy atom. The van der Waals surface area contributed by atoms with Crippen LogP contribution < -0.4 is 9.47 Å². The van der Waals surface area contributed by atoms with Gasteiger partial charge in [0.25, 0.3) is 0 Å². The highest BCUT2D eigenvalue weighted by atomic mass is 16.5. The molecule has 0 spiro atoms. The van der Waals surface area contributed by atoms with E-state index < -0.39 is 5.41 Å². The van der Waals surface area contributed by atoms with E-state index in [1.54, 1.807) is 0 Å². The van der Waals surface area contributed by atoms with E-state index in [-0.39, 0.29) is 26.4 Å². The van der Waals surface area contributed by atoms with Crippen molar-refractivity contribution in [2.45, 2.75) is 5.41 Å². The second-order valence-corrected chi connectivity index (χ2v) is 12.7. The molecule has 0 unspecified atom stereocenters. The summed E-state index contributed by atoms with van der Waals surface area (Å²) in [6, 6.07) is 52.3. The first kappa shape index (κ1) is 29.5. The summed E-state index contributed by atoms with van der Waals surface area (Å²) in [6.07, 6.45) is 0. The van der Waals surface area contributed by atoms with Gasteiger partial charge in [-0.15, -0.1) is 0 Å². The summed E-state index contributed by atoms with van der Waals surface area (Å²) in [5.41, 5.74) is 6.80. The number of hydrogen-bond acceptors (Lipinski definition) is 4. The largest absolute Gasteiger partial charge is 0.491 e. The Kier molecular flexibility index (Phi) is 7.08. The highest BCUT2D eigenvalue weighted by Crippen LogP contribution is 2.57. The Hall–Kier alpha value is -5.68. The lowest BCUT2D eigenvalue weighted by Crippen LogP contribution is -2.28. The third-order valence-corrected chi connectivity index (χ3v) is 10.2. The molecule has 0 fully saturated rings. The van der Waals surface area contributed by atoms with E-state index in [9.17, 15) is 10.2 Å². The van der Waals surface area contributed by atoms with Crippen molar-refractivity contribution in [2.75, 3.05) is 26.4 Å². The summed E-state index contributed by atoms with van der Waals surface area (Å²) in [4.78, 5) is 0. The molecule has 9 rings (SSSR count). The van der Waals surface area contributed by atoms with Gasteiger partial charge in [-0.3, -0.25) is 0 Å². The van der Waals surface area contributed by atoms with Crippen LogP contribution in [0.15, 0.2) is 146 Å². The molecule has 8 aromatic carbocycles. The summed E-state index contributed by atoms with van der Waals surface area (Å²) >= 11 is 0. The van der Waals surface area contributed by atoms with Gasteiger partial charge in [0.15, 0.2) is 0 Å². The molecular formula is C45H34O4. The minimum atomic E-state index is -0.587. The smallest absolute Gasteiger partial charge is 0.127 e. The van der Waals surface area contributed by atoms with Crippen molar-refractivity contribution in [3.8, 4) is 22.6 Å². The lowest BCUT2D eigenvalue weighted by molar-refractivity contribution is 0.203. The fourth-order valence-corrected chi connectivity index (χ4v) is 8.17. The molecule has 0 bridgehead atoms. The van der Waals surface area contributed by atoms with Gasteiger partial charge >= 0.3 is 0 Å². The lowest BCUT2D eigenvalue weighted by atomic mass is 9.67. The van der Waals surface area contributed by atoms with Crippen LogP contribution in [0.3, 0.4) is 0 Å². The van der Waals surface area contributed by atoms with Crippen LogP contribution in [-0.2, 0) is 5.41 Å². The third kappa shape index (κ3) is 4.45. The summed E-state index contributed by atoms with van der Waals surface area (Å²) in [5, 5.41) is 27.8. The van der Waals surface area contributed by atoms with E-state index in [0.717, 1.165) is 54.6 Å². The van der Waals surface area contributed by atoms with Crippen LogP contribution in [0.25, 0.3) is 54.2 Å². The Bertz CT molecular complexity index is 2370. The van der Waals surface area contributed by atoms with Gasteiger partial charge in [-0.2, -0.15) is 0 Å². The van der Waals surface area contributed by atoms with E-state index in [1.807, 2.05) is 12.1 Å². The maximum absolute atomic E-state index is 9.50. The van der Waals surface area contributed by atoms with E-state index in [0.29, 0.717) is 0 Å². The molecule has 0 atom stereocenters. The van der Waals surface area contributed by atoms with Gasteiger partial charge in [0.2, 0.25) is 0 Å². The van der Waals surface area contributed by atoms with Crippen molar-refractivity contribution in [3.05, 3.63) is 168 Å². The minimum Gasteiger partial charge on any atom is -0.491 e. The standard InChI is InChI=1S/C45H34O4/c46-21-23-48-43-25-29-17-19-31(27-39(29)33-9-1-3-13-37(33)43)45(41-15-7-5-11-35(41)36-12-6-8-16-42(36)45)32-20-18-30-26-44(49-24-22-47)38-14-4-2-10-34(38)40(30)28-32/h1-20,25-28,46-47H,21-24H2. The molecule has 0 aliphatic heterocycles. The second-order valence-electron chi connectivity index (χ2n) is 12.7. The molecule has 1 aliphatic rings. The number of hydrogen-bond donors (Lipinski definition) is 2. The Balaban J connectivity index is 1.37. The summed E-state index contributed by atoms with van der Waals surface area (Å²) in [6.45, 7) is 0.418. The third-order valence-electron chi connectivity index (χ3n) is 10.2. The summed E-state index contributed by atoms with van der Waals surface area (Å²) in [5.74, 6) is 1.56. The monoisotopic (exact) mass is 638 g/mol. The van der Waals surface area contributed by atoms with E-state index in [4.69, 9.17) is 9.47 Å². The van der Waals surface area contributed by atoms with Gasteiger partial charge in [0.1, 0.15) is 24.7 Å².